The van der Waals surface area contributed by atoms with Crippen molar-refractivity contribution < 1.29 is 4.79 Å². The average Bonchev–Trinajstić information content (AvgIpc) is 2.75. The highest BCUT2D eigenvalue weighted by Crippen LogP contribution is 2.19. The number of aryl methyl sites for hydroxylation is 1. The van der Waals surface area contributed by atoms with Gasteiger partial charge in [0.1, 0.15) is 6.54 Å². The van der Waals surface area contributed by atoms with Crippen molar-refractivity contribution in [1.82, 2.24) is 15.2 Å². The van der Waals surface area contributed by atoms with Gasteiger partial charge in [-0.1, -0.05) is 12.1 Å². The minimum absolute atomic E-state index is 0.140. The molecule has 0 atom stereocenters. The number of hydrazone groups is 1. The van der Waals surface area contributed by atoms with E-state index in [-0.39, 0.29) is 12.5 Å². The van der Waals surface area contributed by atoms with Gasteiger partial charge in [0.05, 0.1) is 22.1 Å². The van der Waals surface area contributed by atoms with E-state index < -0.39 is 0 Å². The summed E-state index contributed by atoms with van der Waals surface area (Å²) < 4.78 is 2.58. The van der Waals surface area contributed by atoms with Crippen LogP contribution in [0, 0.1) is 13.8 Å². The standard InChI is InChI=1S/C15H17BrN4OS/c1-10-15(16)11(2)20(19-10)9-14(21)18-17-8-12-4-6-13(22-3)7-5-12/h4-8H,9H2,1-3H3,(H,18,21)/b17-8+. The molecule has 5 nitrogen and oxygen atoms in total. The summed E-state index contributed by atoms with van der Waals surface area (Å²) in [6, 6.07) is 7.95. The predicted octanol–water partition coefficient (Wildman–Crippen LogP) is 3.13. The van der Waals surface area contributed by atoms with E-state index in [4.69, 9.17) is 0 Å². The lowest BCUT2D eigenvalue weighted by Gasteiger charge is -2.03. The summed E-state index contributed by atoms with van der Waals surface area (Å²) in [5.41, 5.74) is 5.23. The zero-order chi connectivity index (χ0) is 16.1. The lowest BCUT2D eigenvalue weighted by atomic mass is 10.2. The van der Waals surface area contributed by atoms with E-state index in [1.165, 1.54) is 4.90 Å². The minimum atomic E-state index is -0.213. The number of nitrogens with one attached hydrogen (secondary N) is 1. The Balaban J connectivity index is 1.91. The normalized spacial score (nSPS) is 11.1. The first-order chi connectivity index (χ1) is 10.5. The van der Waals surface area contributed by atoms with E-state index in [1.54, 1.807) is 22.7 Å². The van der Waals surface area contributed by atoms with E-state index in [2.05, 4.69) is 31.6 Å². The molecule has 1 aromatic heterocycles. The number of halogens is 1. The predicted molar refractivity (Wildman–Crippen MR) is 93.4 cm³/mol. The third-order valence-corrected chi connectivity index (χ3v) is 5.00. The van der Waals surface area contributed by atoms with Crippen molar-refractivity contribution in [2.75, 3.05) is 6.26 Å². The van der Waals surface area contributed by atoms with Crippen molar-refractivity contribution in [3.8, 4) is 0 Å². The Morgan fingerprint density at radius 1 is 1.41 bits per heavy atom. The molecule has 0 aliphatic rings. The Morgan fingerprint density at radius 3 is 2.64 bits per heavy atom. The molecule has 0 saturated carbocycles. The fourth-order valence-electron chi connectivity index (χ4n) is 1.87. The van der Waals surface area contributed by atoms with Crippen molar-refractivity contribution in [2.24, 2.45) is 5.10 Å². The van der Waals surface area contributed by atoms with Gasteiger partial charge in [0, 0.05) is 4.90 Å². The summed E-state index contributed by atoms with van der Waals surface area (Å²) in [5.74, 6) is -0.213. The van der Waals surface area contributed by atoms with Gasteiger partial charge in [-0.3, -0.25) is 9.48 Å². The van der Waals surface area contributed by atoms with Crippen molar-refractivity contribution in [3.63, 3.8) is 0 Å². The van der Waals surface area contributed by atoms with Crippen molar-refractivity contribution in [1.29, 1.82) is 0 Å². The van der Waals surface area contributed by atoms with Crippen LogP contribution >= 0.6 is 27.7 Å². The molecule has 1 amide bonds. The largest absolute Gasteiger partial charge is 0.271 e. The third-order valence-electron chi connectivity index (χ3n) is 3.11. The highest BCUT2D eigenvalue weighted by atomic mass is 79.9. The number of hydrogen-bond acceptors (Lipinski definition) is 4. The molecule has 1 N–H and O–H groups in total. The Bertz CT molecular complexity index is 694. The maximum atomic E-state index is 11.9. The Kier molecular flexibility index (Phi) is 5.79. The summed E-state index contributed by atoms with van der Waals surface area (Å²) in [4.78, 5) is 13.1. The first-order valence-corrected chi connectivity index (χ1v) is 8.68. The smallest absolute Gasteiger partial charge is 0.261 e. The minimum Gasteiger partial charge on any atom is -0.271 e. The quantitative estimate of drug-likeness (QED) is 0.492. The molecule has 0 fully saturated rings. The lowest BCUT2D eigenvalue weighted by Crippen LogP contribution is -2.24. The Hall–Kier alpha value is -1.60. The van der Waals surface area contributed by atoms with E-state index >= 15 is 0 Å². The summed E-state index contributed by atoms with van der Waals surface area (Å²) in [6.07, 6.45) is 3.65. The monoisotopic (exact) mass is 380 g/mol. The molecule has 1 aromatic carbocycles. The summed E-state index contributed by atoms with van der Waals surface area (Å²) in [6.45, 7) is 3.94. The molecule has 0 radical (unpaired) electrons. The molecular formula is C15H17BrN4OS. The molecule has 0 saturated heterocycles. The van der Waals surface area contributed by atoms with Crippen LogP contribution in [0.2, 0.25) is 0 Å². The number of nitrogens with zero attached hydrogens (tertiary/aromatic N) is 3. The molecular weight excluding hydrogens is 364 g/mol. The number of thioether (sulfide) groups is 1. The molecule has 22 heavy (non-hydrogen) atoms. The molecule has 1 heterocycles. The second-order valence-corrected chi connectivity index (χ2v) is 6.38. The number of amides is 1. The highest BCUT2D eigenvalue weighted by Gasteiger charge is 2.11. The third kappa shape index (κ3) is 4.20. The van der Waals surface area contributed by atoms with Crippen LogP contribution in [0.3, 0.4) is 0 Å². The Morgan fingerprint density at radius 2 is 2.09 bits per heavy atom. The number of benzene rings is 1. The number of rotatable bonds is 5. The molecule has 0 aliphatic heterocycles. The van der Waals surface area contributed by atoms with Crippen LogP contribution in [-0.4, -0.2) is 28.2 Å². The van der Waals surface area contributed by atoms with Crippen LogP contribution in [0.25, 0.3) is 0 Å². The first-order valence-electron chi connectivity index (χ1n) is 6.66. The molecule has 0 aliphatic carbocycles. The molecule has 2 aromatic rings. The van der Waals surface area contributed by atoms with Gasteiger partial charge in [0.15, 0.2) is 0 Å². The summed E-state index contributed by atoms with van der Waals surface area (Å²) >= 11 is 5.12. The van der Waals surface area contributed by atoms with Crippen molar-refractivity contribution in [2.45, 2.75) is 25.3 Å². The van der Waals surface area contributed by atoms with E-state index in [1.807, 2.05) is 44.4 Å². The maximum absolute atomic E-state index is 11.9. The molecule has 0 unspecified atom stereocenters. The molecule has 7 heteroatoms. The number of carbonyl (C=O) groups excluding carboxylic acids is 1. The fraction of sp³-hybridized carbons (Fsp3) is 0.267. The van der Waals surface area contributed by atoms with Gasteiger partial charge >= 0.3 is 0 Å². The molecule has 0 bridgehead atoms. The van der Waals surface area contributed by atoms with Gasteiger partial charge < -0.3 is 0 Å². The van der Waals surface area contributed by atoms with E-state index in [0.717, 1.165) is 21.4 Å². The summed E-state index contributed by atoms with van der Waals surface area (Å²) in [5, 5.41) is 8.26. The topological polar surface area (TPSA) is 59.3 Å². The second-order valence-electron chi connectivity index (χ2n) is 4.71. The maximum Gasteiger partial charge on any atom is 0.261 e. The van der Waals surface area contributed by atoms with Crippen LogP contribution in [0.15, 0.2) is 38.7 Å². The number of aromatic nitrogens is 2. The van der Waals surface area contributed by atoms with E-state index in [9.17, 15) is 4.79 Å². The van der Waals surface area contributed by atoms with Gasteiger partial charge in [-0.2, -0.15) is 10.2 Å². The first kappa shape index (κ1) is 16.8. The SMILES string of the molecule is CSc1ccc(/C=N/NC(=O)Cn2nc(C)c(Br)c2C)cc1. The molecule has 2 rings (SSSR count). The van der Waals surface area contributed by atoms with Crippen molar-refractivity contribution >= 4 is 39.8 Å². The van der Waals surface area contributed by atoms with Crippen LogP contribution in [0.5, 0.6) is 0 Å². The van der Waals surface area contributed by atoms with Crippen LogP contribution in [0.1, 0.15) is 17.0 Å². The molecule has 116 valence electrons. The molecule has 0 spiro atoms. The van der Waals surface area contributed by atoms with E-state index in [0.29, 0.717) is 0 Å². The van der Waals surface area contributed by atoms with Crippen molar-refractivity contribution in [3.05, 3.63) is 45.7 Å². The Labute approximate surface area is 142 Å². The fourth-order valence-corrected chi connectivity index (χ4v) is 2.56. The van der Waals surface area contributed by atoms with Gasteiger partial charge in [-0.05, 0) is 53.7 Å². The zero-order valence-electron chi connectivity index (χ0n) is 12.6. The van der Waals surface area contributed by atoms with Gasteiger partial charge in [0.2, 0.25) is 0 Å². The second kappa shape index (κ2) is 7.60. The lowest BCUT2D eigenvalue weighted by molar-refractivity contribution is -0.121. The zero-order valence-corrected chi connectivity index (χ0v) is 15.0. The number of hydrogen-bond donors (Lipinski definition) is 1. The van der Waals surface area contributed by atoms with Gasteiger partial charge in [-0.25, -0.2) is 5.43 Å². The van der Waals surface area contributed by atoms with Gasteiger partial charge in [-0.15, -0.1) is 11.8 Å². The average molecular weight is 381 g/mol. The highest BCUT2D eigenvalue weighted by molar-refractivity contribution is 9.10. The van der Waals surface area contributed by atoms with Gasteiger partial charge in [0.25, 0.3) is 5.91 Å². The van der Waals surface area contributed by atoms with Crippen LogP contribution in [0.4, 0.5) is 0 Å². The number of carbonyl (C=O) groups is 1. The van der Waals surface area contributed by atoms with Crippen LogP contribution in [-0.2, 0) is 11.3 Å². The summed E-state index contributed by atoms with van der Waals surface area (Å²) in [7, 11) is 0. The van der Waals surface area contributed by atoms with Crippen LogP contribution < -0.4 is 5.43 Å².